The normalized spacial score (nSPS) is 17.7. The number of anilines is 1. The van der Waals surface area contributed by atoms with Crippen LogP contribution in [0.25, 0.3) is 5.70 Å². The van der Waals surface area contributed by atoms with Crippen LogP contribution in [0.5, 0.6) is 5.75 Å². The van der Waals surface area contributed by atoms with Crippen LogP contribution >= 0.6 is 11.6 Å². The van der Waals surface area contributed by atoms with Crippen molar-refractivity contribution in [2.75, 3.05) is 25.0 Å². The Balaban J connectivity index is 0.00000196. The molecule has 3 heterocycles. The molecular formula is C35H40ClFN6O2. The molecule has 3 aliphatic rings. The molecule has 6 rings (SSSR count). The van der Waals surface area contributed by atoms with E-state index in [1.54, 1.807) is 30.6 Å². The number of halogens is 2. The summed E-state index contributed by atoms with van der Waals surface area (Å²) in [5, 5.41) is 6.98. The summed E-state index contributed by atoms with van der Waals surface area (Å²) in [7, 11) is 0. The van der Waals surface area contributed by atoms with Crippen molar-refractivity contribution in [3.05, 3.63) is 105 Å². The van der Waals surface area contributed by atoms with Crippen molar-refractivity contribution in [3.63, 3.8) is 0 Å². The van der Waals surface area contributed by atoms with Crippen LogP contribution in [0, 0.1) is 10.7 Å². The zero-order valence-corrected chi connectivity index (χ0v) is 26.6. The molecule has 0 radical (unpaired) electrons. The van der Waals surface area contributed by atoms with Crippen molar-refractivity contribution in [2.24, 2.45) is 15.2 Å². The Labute approximate surface area is 269 Å². The molecule has 1 atom stereocenters. The summed E-state index contributed by atoms with van der Waals surface area (Å²) in [6, 6.07) is 11.8. The number of nitrogens with one attached hydrogen (secondary N) is 1. The minimum absolute atomic E-state index is 0.0172. The first-order chi connectivity index (χ1) is 22.1. The van der Waals surface area contributed by atoms with Gasteiger partial charge in [0.1, 0.15) is 30.3 Å². The molecule has 1 unspecified atom stereocenters. The van der Waals surface area contributed by atoms with E-state index in [4.69, 9.17) is 16.3 Å². The Kier molecular flexibility index (Phi) is 11.3. The van der Waals surface area contributed by atoms with Gasteiger partial charge in [-0.25, -0.2) is 9.38 Å². The summed E-state index contributed by atoms with van der Waals surface area (Å²) >= 11 is 6.56. The lowest BCUT2D eigenvalue weighted by Crippen LogP contribution is -2.26. The fraction of sp³-hybridized carbons (Fsp3) is 0.371. The molecule has 236 valence electrons. The molecular weight excluding hydrogens is 591 g/mol. The second kappa shape index (κ2) is 15.8. The lowest BCUT2D eigenvalue weighted by atomic mass is 10.0. The van der Waals surface area contributed by atoms with Gasteiger partial charge in [-0.2, -0.15) is 4.91 Å². The number of fused-ring (bicyclic) bond motifs is 1. The van der Waals surface area contributed by atoms with Crippen LogP contribution in [0.1, 0.15) is 56.2 Å². The average Bonchev–Trinajstić information content (AvgIpc) is 3.65. The van der Waals surface area contributed by atoms with Gasteiger partial charge in [-0.3, -0.25) is 9.89 Å². The van der Waals surface area contributed by atoms with Crippen molar-refractivity contribution < 1.29 is 9.13 Å². The van der Waals surface area contributed by atoms with E-state index in [0.29, 0.717) is 23.0 Å². The largest absolute Gasteiger partial charge is 0.487 e. The third kappa shape index (κ3) is 8.35. The standard InChI is InChI=1S/C33H34ClFN6O2.C2H6/c34-30-16-27(9-10-32(30)43-21-23-5-3-6-26(35)15-23)39-33-29-17-28(7-4-8-31(29)36-22-37-33)41-19-24(11-12-38-42)25(20-41)18-40-13-1-2-14-40;1-2/h3,5-7,9-10,15-17,19-20,22,31H,1-2,4,8,11-14,18,21H2,(H,36,37,39);1-2H3. The lowest BCUT2D eigenvalue weighted by molar-refractivity contribution is 0.306. The van der Waals surface area contributed by atoms with Crippen LogP contribution in [0.4, 0.5) is 10.1 Å². The number of hydrogen-bond donors (Lipinski definition) is 1. The summed E-state index contributed by atoms with van der Waals surface area (Å²) in [6.07, 6.45) is 15.2. The smallest absolute Gasteiger partial charge is 0.138 e. The monoisotopic (exact) mass is 630 g/mol. The molecule has 2 aromatic carbocycles. The van der Waals surface area contributed by atoms with E-state index in [2.05, 4.69) is 54.5 Å². The van der Waals surface area contributed by atoms with Gasteiger partial charge in [-0.1, -0.05) is 48.8 Å². The molecule has 1 aliphatic carbocycles. The predicted octanol–water partition coefficient (Wildman–Crippen LogP) is 8.27. The second-order valence-electron chi connectivity index (χ2n) is 11.1. The molecule has 1 aromatic heterocycles. The third-order valence-corrected chi connectivity index (χ3v) is 8.30. The molecule has 0 spiro atoms. The highest BCUT2D eigenvalue weighted by molar-refractivity contribution is 6.32. The number of benzene rings is 2. The Hall–Kier alpha value is -4.08. The molecule has 3 aromatic rings. The van der Waals surface area contributed by atoms with E-state index in [-0.39, 0.29) is 25.0 Å². The van der Waals surface area contributed by atoms with Crippen LogP contribution in [-0.2, 0) is 19.6 Å². The quantitative estimate of drug-likeness (QED) is 0.229. The maximum atomic E-state index is 13.5. The fourth-order valence-corrected chi connectivity index (χ4v) is 6.03. The summed E-state index contributed by atoms with van der Waals surface area (Å²) < 4.78 is 21.5. The molecule has 0 bridgehead atoms. The van der Waals surface area contributed by atoms with Gasteiger partial charge in [0.2, 0.25) is 0 Å². The molecule has 45 heavy (non-hydrogen) atoms. The van der Waals surface area contributed by atoms with Gasteiger partial charge in [0.05, 0.1) is 17.6 Å². The number of allylic oxidation sites excluding steroid dienone is 3. The van der Waals surface area contributed by atoms with E-state index in [1.807, 2.05) is 19.9 Å². The molecule has 1 saturated heterocycles. The molecule has 2 aliphatic heterocycles. The SMILES string of the molecule is CC.O=NCCc1cn(C2=CCCC3N=CN=C(Nc4ccc(OCc5cccc(F)c5)c(Cl)c4)C3=C2)cc1CN1CCCC1. The van der Waals surface area contributed by atoms with Crippen molar-refractivity contribution in [1.82, 2.24) is 9.47 Å². The summed E-state index contributed by atoms with van der Waals surface area (Å²) in [5.41, 5.74) is 5.95. The number of ether oxygens (including phenoxy) is 1. The first kappa shape index (κ1) is 32.3. The van der Waals surface area contributed by atoms with E-state index in [1.165, 1.54) is 30.5 Å². The van der Waals surface area contributed by atoms with E-state index >= 15 is 0 Å². The highest BCUT2D eigenvalue weighted by Gasteiger charge is 2.24. The number of hydrogen-bond acceptors (Lipinski definition) is 7. The minimum atomic E-state index is -0.303. The number of nitrogens with zero attached hydrogens (tertiary/aromatic N) is 5. The van der Waals surface area contributed by atoms with Gasteiger partial charge < -0.3 is 14.6 Å². The van der Waals surface area contributed by atoms with Crippen LogP contribution in [0.15, 0.2) is 87.7 Å². The number of rotatable bonds is 10. The fourth-order valence-electron chi connectivity index (χ4n) is 5.79. The highest BCUT2D eigenvalue weighted by Crippen LogP contribution is 2.31. The zero-order chi connectivity index (χ0) is 31.6. The van der Waals surface area contributed by atoms with Crippen LogP contribution in [0.3, 0.4) is 0 Å². The second-order valence-corrected chi connectivity index (χ2v) is 11.5. The molecule has 1 fully saturated rings. The Bertz CT molecular complexity index is 1610. The Morgan fingerprint density at radius 1 is 1.11 bits per heavy atom. The van der Waals surface area contributed by atoms with E-state index < -0.39 is 0 Å². The molecule has 1 N–H and O–H groups in total. The number of aliphatic imine (C=N–C) groups is 2. The Morgan fingerprint density at radius 2 is 1.93 bits per heavy atom. The van der Waals surface area contributed by atoms with Gasteiger partial charge in [0, 0.05) is 35.9 Å². The van der Waals surface area contributed by atoms with Crippen LogP contribution in [-0.4, -0.2) is 47.3 Å². The number of aromatic nitrogens is 1. The van der Waals surface area contributed by atoms with Gasteiger partial charge in [-0.05, 0) is 98.3 Å². The molecule has 0 saturated carbocycles. The topological polar surface area (TPSA) is 83.6 Å². The van der Waals surface area contributed by atoms with Gasteiger partial charge >= 0.3 is 0 Å². The van der Waals surface area contributed by atoms with Crippen molar-refractivity contribution >= 4 is 35.2 Å². The lowest BCUT2D eigenvalue weighted by Gasteiger charge is -2.21. The molecule has 10 heteroatoms. The summed E-state index contributed by atoms with van der Waals surface area (Å²) in [5.74, 6) is 0.924. The summed E-state index contributed by atoms with van der Waals surface area (Å²) in [6.45, 7) is 7.58. The maximum absolute atomic E-state index is 13.5. The number of amidine groups is 1. The molecule has 8 nitrogen and oxygen atoms in total. The third-order valence-electron chi connectivity index (χ3n) is 8.01. The highest BCUT2D eigenvalue weighted by atomic mass is 35.5. The van der Waals surface area contributed by atoms with Crippen molar-refractivity contribution in [2.45, 2.75) is 65.1 Å². The van der Waals surface area contributed by atoms with Crippen molar-refractivity contribution in [3.8, 4) is 5.75 Å². The minimum Gasteiger partial charge on any atom is -0.487 e. The zero-order valence-electron chi connectivity index (χ0n) is 25.9. The van der Waals surface area contributed by atoms with Crippen molar-refractivity contribution in [1.29, 1.82) is 0 Å². The number of nitroso groups, excluding NO2 is 1. The summed E-state index contributed by atoms with van der Waals surface area (Å²) in [4.78, 5) is 22.7. The van der Waals surface area contributed by atoms with Crippen LogP contribution < -0.4 is 10.1 Å². The predicted molar refractivity (Wildman–Crippen MR) is 182 cm³/mol. The van der Waals surface area contributed by atoms with Gasteiger partial charge in [0.25, 0.3) is 0 Å². The van der Waals surface area contributed by atoms with E-state index in [9.17, 15) is 9.30 Å². The Morgan fingerprint density at radius 3 is 2.71 bits per heavy atom. The first-order valence-electron chi connectivity index (χ1n) is 15.7. The number of likely N-dealkylation sites (tertiary alicyclic amines) is 1. The first-order valence-corrected chi connectivity index (χ1v) is 16.1. The van der Waals surface area contributed by atoms with E-state index in [0.717, 1.165) is 60.6 Å². The van der Waals surface area contributed by atoms with Gasteiger partial charge in [0.15, 0.2) is 0 Å². The van der Waals surface area contributed by atoms with Crippen LogP contribution in [0.2, 0.25) is 5.02 Å². The average molecular weight is 631 g/mol. The molecule has 0 amide bonds. The van der Waals surface area contributed by atoms with Gasteiger partial charge in [-0.15, -0.1) is 0 Å². The maximum Gasteiger partial charge on any atom is 0.138 e.